The summed E-state index contributed by atoms with van der Waals surface area (Å²) in [5, 5.41) is 5.53. The molecule has 0 aliphatic carbocycles. The highest BCUT2D eigenvalue weighted by Gasteiger charge is 2.15. The van der Waals surface area contributed by atoms with Crippen LogP contribution in [-0.4, -0.2) is 41.0 Å². The summed E-state index contributed by atoms with van der Waals surface area (Å²) < 4.78 is 1.50. The normalized spacial score (nSPS) is 12.4. The molecular formula is C19H22N4O2S. The lowest BCUT2D eigenvalue weighted by molar-refractivity contribution is -0.122. The highest BCUT2D eigenvalue weighted by Crippen LogP contribution is 2.14. The molecule has 3 rings (SSSR count). The Bertz CT molecular complexity index is 933. The SMILES string of the molecule is CN(C)CC(NC(=O)CCn1cnc2sccc2c1=O)c1ccccc1. The molecule has 0 radical (unpaired) electrons. The summed E-state index contributed by atoms with van der Waals surface area (Å²) in [6, 6.07) is 11.6. The number of carbonyl (C=O) groups excluding carboxylic acids is 1. The Morgan fingerprint density at radius 2 is 2.04 bits per heavy atom. The summed E-state index contributed by atoms with van der Waals surface area (Å²) in [5.41, 5.74) is 0.963. The maximum absolute atomic E-state index is 12.4. The topological polar surface area (TPSA) is 67.2 Å². The van der Waals surface area contributed by atoms with Gasteiger partial charge in [0.2, 0.25) is 5.91 Å². The van der Waals surface area contributed by atoms with Crippen LogP contribution in [0, 0.1) is 0 Å². The maximum atomic E-state index is 12.4. The van der Waals surface area contributed by atoms with Crippen LogP contribution < -0.4 is 10.9 Å². The van der Waals surface area contributed by atoms with Gasteiger partial charge in [-0.1, -0.05) is 30.3 Å². The van der Waals surface area contributed by atoms with E-state index in [0.29, 0.717) is 18.5 Å². The Labute approximate surface area is 156 Å². The third kappa shape index (κ3) is 4.36. The second-order valence-corrected chi connectivity index (χ2v) is 7.32. The van der Waals surface area contributed by atoms with Gasteiger partial charge in [-0.25, -0.2) is 4.98 Å². The number of hydrogen-bond donors (Lipinski definition) is 1. The first-order chi connectivity index (χ1) is 12.5. The van der Waals surface area contributed by atoms with Crippen molar-refractivity contribution in [3.05, 3.63) is 64.0 Å². The van der Waals surface area contributed by atoms with Gasteiger partial charge in [0.05, 0.1) is 17.8 Å². The summed E-state index contributed by atoms with van der Waals surface area (Å²) >= 11 is 1.44. The van der Waals surface area contributed by atoms with Crippen LogP contribution in [0.2, 0.25) is 0 Å². The van der Waals surface area contributed by atoms with Crippen molar-refractivity contribution < 1.29 is 4.79 Å². The molecule has 0 saturated carbocycles. The van der Waals surface area contributed by atoms with Crippen molar-refractivity contribution >= 4 is 27.5 Å². The minimum Gasteiger partial charge on any atom is -0.348 e. The van der Waals surface area contributed by atoms with E-state index in [0.717, 1.165) is 10.4 Å². The molecule has 1 N–H and O–H groups in total. The molecule has 0 aliphatic heterocycles. The van der Waals surface area contributed by atoms with Crippen LogP contribution in [0.4, 0.5) is 0 Å². The monoisotopic (exact) mass is 370 g/mol. The Morgan fingerprint density at radius 1 is 1.27 bits per heavy atom. The summed E-state index contributed by atoms with van der Waals surface area (Å²) in [5.74, 6) is -0.0852. The molecule has 3 aromatic rings. The van der Waals surface area contributed by atoms with E-state index >= 15 is 0 Å². The van der Waals surface area contributed by atoms with Crippen molar-refractivity contribution in [2.45, 2.75) is 19.0 Å². The first-order valence-corrected chi connectivity index (χ1v) is 9.34. The lowest BCUT2D eigenvalue weighted by Gasteiger charge is -2.23. The lowest BCUT2D eigenvalue weighted by Crippen LogP contribution is -2.36. The molecule has 26 heavy (non-hydrogen) atoms. The second-order valence-electron chi connectivity index (χ2n) is 6.43. The van der Waals surface area contributed by atoms with Gasteiger partial charge in [0, 0.05) is 19.5 Å². The number of likely N-dealkylation sites (N-methyl/N-ethyl adjacent to an activating group) is 1. The van der Waals surface area contributed by atoms with Crippen LogP contribution in [0.1, 0.15) is 18.0 Å². The van der Waals surface area contributed by atoms with Gasteiger partial charge < -0.3 is 10.2 Å². The number of thiophene rings is 1. The zero-order valence-corrected chi connectivity index (χ0v) is 15.7. The number of amides is 1. The fourth-order valence-electron chi connectivity index (χ4n) is 2.83. The van der Waals surface area contributed by atoms with E-state index in [1.165, 1.54) is 22.2 Å². The van der Waals surface area contributed by atoms with Crippen LogP contribution in [0.15, 0.2) is 52.9 Å². The van der Waals surface area contributed by atoms with Crippen molar-refractivity contribution in [2.75, 3.05) is 20.6 Å². The number of aryl methyl sites for hydroxylation is 1. The maximum Gasteiger partial charge on any atom is 0.262 e. The van der Waals surface area contributed by atoms with Gasteiger partial charge in [0.25, 0.3) is 5.56 Å². The Kier molecular flexibility index (Phi) is 5.80. The zero-order valence-electron chi connectivity index (χ0n) is 14.9. The fourth-order valence-corrected chi connectivity index (χ4v) is 3.55. The van der Waals surface area contributed by atoms with Crippen molar-refractivity contribution in [1.82, 2.24) is 19.8 Å². The Balaban J connectivity index is 1.66. The molecule has 0 bridgehead atoms. The highest BCUT2D eigenvalue weighted by atomic mass is 32.1. The second kappa shape index (κ2) is 8.25. The molecule has 1 aromatic carbocycles. The van der Waals surface area contributed by atoms with Crippen molar-refractivity contribution in [2.24, 2.45) is 0 Å². The minimum atomic E-state index is -0.100. The molecule has 0 saturated heterocycles. The van der Waals surface area contributed by atoms with Gasteiger partial charge in [-0.05, 0) is 31.1 Å². The highest BCUT2D eigenvalue weighted by molar-refractivity contribution is 7.16. The van der Waals surface area contributed by atoms with Crippen LogP contribution in [0.5, 0.6) is 0 Å². The summed E-state index contributed by atoms with van der Waals surface area (Å²) in [6.45, 7) is 1.02. The van der Waals surface area contributed by atoms with Crippen molar-refractivity contribution in [3.8, 4) is 0 Å². The number of carbonyl (C=O) groups is 1. The van der Waals surface area contributed by atoms with E-state index < -0.39 is 0 Å². The molecule has 0 spiro atoms. The molecule has 2 aromatic heterocycles. The number of benzene rings is 1. The lowest BCUT2D eigenvalue weighted by atomic mass is 10.1. The summed E-state index contributed by atoms with van der Waals surface area (Å²) in [4.78, 5) is 31.9. The standard InChI is InChI=1S/C19H22N4O2S/c1-22(2)12-16(14-6-4-3-5-7-14)21-17(24)8-10-23-13-20-18-15(19(23)25)9-11-26-18/h3-7,9,11,13,16H,8,10,12H2,1-2H3,(H,21,24). The van der Waals surface area contributed by atoms with Gasteiger partial charge in [0.1, 0.15) is 4.83 Å². The Morgan fingerprint density at radius 3 is 2.77 bits per heavy atom. The quantitative estimate of drug-likeness (QED) is 0.693. The van der Waals surface area contributed by atoms with E-state index in [1.54, 1.807) is 6.07 Å². The molecule has 1 amide bonds. The van der Waals surface area contributed by atoms with E-state index in [2.05, 4.69) is 10.3 Å². The average molecular weight is 370 g/mol. The van der Waals surface area contributed by atoms with Crippen LogP contribution >= 0.6 is 11.3 Å². The van der Waals surface area contributed by atoms with Gasteiger partial charge in [-0.2, -0.15) is 0 Å². The number of aromatic nitrogens is 2. The number of fused-ring (bicyclic) bond motifs is 1. The van der Waals surface area contributed by atoms with Crippen LogP contribution in [0.25, 0.3) is 10.2 Å². The fraction of sp³-hybridized carbons (Fsp3) is 0.316. The molecule has 0 aliphatic rings. The molecular weight excluding hydrogens is 348 g/mol. The predicted molar refractivity (Wildman–Crippen MR) is 104 cm³/mol. The Hall–Kier alpha value is -2.51. The number of rotatable bonds is 7. The molecule has 2 heterocycles. The predicted octanol–water partition coefficient (Wildman–Crippen LogP) is 2.27. The van der Waals surface area contributed by atoms with Gasteiger partial charge in [-0.15, -0.1) is 11.3 Å². The summed E-state index contributed by atoms with van der Waals surface area (Å²) in [6.07, 6.45) is 1.75. The van der Waals surface area contributed by atoms with Crippen LogP contribution in [-0.2, 0) is 11.3 Å². The molecule has 7 heteroatoms. The molecule has 6 nitrogen and oxygen atoms in total. The third-order valence-electron chi connectivity index (χ3n) is 4.12. The van der Waals surface area contributed by atoms with Crippen LogP contribution in [0.3, 0.4) is 0 Å². The van der Waals surface area contributed by atoms with E-state index in [9.17, 15) is 9.59 Å². The first kappa shape index (κ1) is 18.3. The first-order valence-electron chi connectivity index (χ1n) is 8.46. The largest absolute Gasteiger partial charge is 0.348 e. The molecule has 0 fully saturated rings. The zero-order chi connectivity index (χ0) is 18.5. The number of nitrogens with zero attached hydrogens (tertiary/aromatic N) is 3. The summed E-state index contributed by atoms with van der Waals surface area (Å²) in [7, 11) is 3.95. The average Bonchev–Trinajstić information content (AvgIpc) is 3.10. The molecule has 1 atom stereocenters. The van der Waals surface area contributed by atoms with Gasteiger partial charge in [0.15, 0.2) is 0 Å². The van der Waals surface area contributed by atoms with Gasteiger partial charge in [-0.3, -0.25) is 14.2 Å². The van der Waals surface area contributed by atoms with E-state index in [4.69, 9.17) is 0 Å². The molecule has 1 unspecified atom stereocenters. The van der Waals surface area contributed by atoms with E-state index in [1.807, 2.05) is 54.7 Å². The van der Waals surface area contributed by atoms with Gasteiger partial charge >= 0.3 is 0 Å². The number of nitrogens with one attached hydrogen (secondary N) is 1. The third-order valence-corrected chi connectivity index (χ3v) is 4.94. The smallest absolute Gasteiger partial charge is 0.262 e. The number of hydrogen-bond acceptors (Lipinski definition) is 5. The minimum absolute atomic E-state index is 0.0852. The van der Waals surface area contributed by atoms with Crippen molar-refractivity contribution in [3.63, 3.8) is 0 Å². The molecule has 136 valence electrons. The van der Waals surface area contributed by atoms with Crippen molar-refractivity contribution in [1.29, 1.82) is 0 Å². The van der Waals surface area contributed by atoms with E-state index in [-0.39, 0.29) is 23.9 Å².